The summed E-state index contributed by atoms with van der Waals surface area (Å²) in [5, 5.41) is 5.99. The first-order chi connectivity index (χ1) is 12.8. The van der Waals surface area contributed by atoms with Crippen molar-refractivity contribution in [1.82, 2.24) is 14.3 Å². The van der Waals surface area contributed by atoms with E-state index in [0.29, 0.717) is 27.9 Å². The summed E-state index contributed by atoms with van der Waals surface area (Å²) in [7, 11) is 0. The summed E-state index contributed by atoms with van der Waals surface area (Å²) in [6, 6.07) is 9.63. The number of hydrogen-bond acceptors (Lipinski definition) is 2. The molecular weight excluding hydrogens is 379 g/mol. The summed E-state index contributed by atoms with van der Waals surface area (Å²) in [6.07, 6.45) is -2.76. The number of hydrogen-bond donors (Lipinski definition) is 0. The maximum atomic E-state index is 13.1. The monoisotopic (exact) mass is 391 g/mol. The van der Waals surface area contributed by atoms with Crippen LogP contribution in [-0.4, -0.2) is 14.3 Å². The van der Waals surface area contributed by atoms with Crippen LogP contribution in [-0.2, 0) is 12.7 Å². The third kappa shape index (κ3) is 2.88. The fourth-order valence-corrected chi connectivity index (χ4v) is 3.32. The molecule has 27 heavy (non-hydrogen) atoms. The zero-order valence-corrected chi connectivity index (χ0v) is 14.8. The maximum absolute atomic E-state index is 13.1. The lowest BCUT2D eigenvalue weighted by Gasteiger charge is -2.13. The number of halogens is 4. The van der Waals surface area contributed by atoms with Gasteiger partial charge in [-0.15, -0.1) is 0 Å². The number of rotatable bonds is 2. The van der Waals surface area contributed by atoms with Crippen molar-refractivity contribution in [2.75, 3.05) is 0 Å². The molecule has 0 bridgehead atoms. The second-order valence-corrected chi connectivity index (χ2v) is 6.53. The van der Waals surface area contributed by atoms with E-state index in [-0.39, 0.29) is 11.2 Å². The van der Waals surface area contributed by atoms with Crippen molar-refractivity contribution in [2.45, 2.75) is 19.6 Å². The number of benzene rings is 2. The lowest BCUT2D eigenvalue weighted by atomic mass is 10.1. The van der Waals surface area contributed by atoms with Gasteiger partial charge in [-0.3, -0.25) is 14.0 Å². The summed E-state index contributed by atoms with van der Waals surface area (Å²) < 4.78 is 42.3. The van der Waals surface area contributed by atoms with Crippen LogP contribution in [0.25, 0.3) is 27.5 Å². The molecule has 0 spiro atoms. The van der Waals surface area contributed by atoms with Gasteiger partial charge in [-0.25, -0.2) is 0 Å². The van der Waals surface area contributed by atoms with E-state index in [2.05, 4.69) is 5.10 Å². The third-order valence-electron chi connectivity index (χ3n) is 4.41. The molecule has 2 aromatic carbocycles. The van der Waals surface area contributed by atoms with Gasteiger partial charge in [0.1, 0.15) is 0 Å². The fourth-order valence-electron chi connectivity index (χ4n) is 3.15. The van der Waals surface area contributed by atoms with Crippen molar-refractivity contribution < 1.29 is 13.2 Å². The molecule has 0 N–H and O–H groups in total. The molecule has 4 aromatic rings. The second-order valence-electron chi connectivity index (χ2n) is 6.10. The first kappa shape index (κ1) is 17.6. The molecule has 0 fully saturated rings. The van der Waals surface area contributed by atoms with E-state index in [1.54, 1.807) is 29.1 Å². The van der Waals surface area contributed by atoms with Crippen molar-refractivity contribution >= 4 is 33.4 Å². The average molecular weight is 392 g/mol. The molecule has 0 atom stereocenters. The summed E-state index contributed by atoms with van der Waals surface area (Å²) in [5.41, 5.74) is -0.596. The maximum Gasteiger partial charge on any atom is 0.416 e. The van der Waals surface area contributed by atoms with E-state index in [0.717, 1.165) is 12.1 Å². The zero-order chi connectivity index (χ0) is 19.3. The molecule has 138 valence electrons. The Kier molecular flexibility index (Phi) is 3.99. The van der Waals surface area contributed by atoms with Crippen LogP contribution in [0.1, 0.15) is 12.5 Å². The van der Waals surface area contributed by atoms with E-state index >= 15 is 0 Å². The minimum atomic E-state index is -4.51. The fraction of sp³-hybridized carbons (Fsp3) is 0.158. The molecule has 0 aliphatic rings. The molecule has 0 amide bonds. The summed E-state index contributed by atoms with van der Waals surface area (Å²) >= 11 is 6.10. The van der Waals surface area contributed by atoms with Crippen molar-refractivity contribution in [3.63, 3.8) is 0 Å². The standard InChI is InChI=1S/C19H13ClF3N3O/c1-2-25-10-15-14-7-6-12(20)9-16(14)26(18(27)17(15)24-25)13-5-3-4-11(8-13)19(21,22)23/h3-10H,2H2,1H3. The summed E-state index contributed by atoms with van der Waals surface area (Å²) in [5.74, 6) is 0. The molecule has 8 heteroatoms. The van der Waals surface area contributed by atoms with Crippen LogP contribution in [0.2, 0.25) is 5.02 Å². The highest BCUT2D eigenvalue weighted by atomic mass is 35.5. The predicted octanol–water partition coefficient (Wildman–Crippen LogP) is 5.03. The Bertz CT molecular complexity index is 1240. The molecule has 0 unspecified atom stereocenters. The van der Waals surface area contributed by atoms with Crippen molar-refractivity contribution in [2.24, 2.45) is 0 Å². The second kappa shape index (κ2) is 6.13. The van der Waals surface area contributed by atoms with Crippen LogP contribution < -0.4 is 5.56 Å². The minimum absolute atomic E-state index is 0.107. The van der Waals surface area contributed by atoms with E-state index < -0.39 is 17.3 Å². The van der Waals surface area contributed by atoms with E-state index in [1.165, 1.54) is 16.7 Å². The lowest BCUT2D eigenvalue weighted by Crippen LogP contribution is -2.20. The van der Waals surface area contributed by atoms with Gasteiger partial charge in [0.2, 0.25) is 0 Å². The smallest absolute Gasteiger partial charge is 0.275 e. The molecule has 4 rings (SSSR count). The highest BCUT2D eigenvalue weighted by molar-refractivity contribution is 6.31. The zero-order valence-electron chi connectivity index (χ0n) is 14.1. The van der Waals surface area contributed by atoms with Gasteiger partial charge in [-0.2, -0.15) is 18.3 Å². The SMILES string of the molecule is CCn1cc2c(n1)c(=O)n(-c1cccc(C(F)(F)F)c1)c1cc(Cl)ccc21. The molecule has 4 nitrogen and oxygen atoms in total. The minimum Gasteiger partial charge on any atom is -0.275 e. The van der Waals surface area contributed by atoms with Gasteiger partial charge in [-0.05, 0) is 37.3 Å². The summed E-state index contributed by atoms with van der Waals surface area (Å²) in [6.45, 7) is 2.45. The van der Waals surface area contributed by atoms with Gasteiger partial charge in [0.05, 0.1) is 11.1 Å². The lowest BCUT2D eigenvalue weighted by molar-refractivity contribution is -0.137. The predicted molar refractivity (Wildman–Crippen MR) is 98.5 cm³/mol. The van der Waals surface area contributed by atoms with Crippen LogP contribution in [0, 0.1) is 0 Å². The molecule has 0 saturated carbocycles. The molecular formula is C19H13ClF3N3O. The molecule has 0 aliphatic heterocycles. The number of alkyl halides is 3. The Hall–Kier alpha value is -2.80. The number of aromatic nitrogens is 3. The quantitative estimate of drug-likeness (QED) is 0.480. The third-order valence-corrected chi connectivity index (χ3v) is 4.65. The Labute approximate surface area is 156 Å². The largest absolute Gasteiger partial charge is 0.416 e. The van der Waals surface area contributed by atoms with Gasteiger partial charge in [0.15, 0.2) is 5.52 Å². The van der Waals surface area contributed by atoms with Gasteiger partial charge in [0.25, 0.3) is 5.56 Å². The Balaban J connectivity index is 2.15. The Morgan fingerprint density at radius 2 is 1.89 bits per heavy atom. The number of fused-ring (bicyclic) bond motifs is 3. The van der Waals surface area contributed by atoms with E-state index in [4.69, 9.17) is 11.6 Å². The van der Waals surface area contributed by atoms with Gasteiger partial charge >= 0.3 is 6.18 Å². The first-order valence-electron chi connectivity index (χ1n) is 8.18. The number of aryl methyl sites for hydroxylation is 1. The van der Waals surface area contributed by atoms with E-state index in [1.807, 2.05) is 6.92 Å². The van der Waals surface area contributed by atoms with Crippen LogP contribution in [0.4, 0.5) is 13.2 Å². The average Bonchev–Trinajstić information content (AvgIpc) is 3.06. The first-order valence-corrected chi connectivity index (χ1v) is 8.56. The van der Waals surface area contributed by atoms with Crippen LogP contribution in [0.3, 0.4) is 0 Å². The van der Waals surface area contributed by atoms with Gasteiger partial charge < -0.3 is 0 Å². The van der Waals surface area contributed by atoms with Crippen LogP contribution >= 0.6 is 11.6 Å². The van der Waals surface area contributed by atoms with Crippen molar-refractivity contribution in [1.29, 1.82) is 0 Å². The normalized spacial score (nSPS) is 12.2. The number of pyridine rings is 1. The topological polar surface area (TPSA) is 39.8 Å². The molecule has 0 saturated heterocycles. The number of nitrogens with zero attached hydrogens (tertiary/aromatic N) is 3. The van der Waals surface area contributed by atoms with Crippen molar-refractivity contribution in [3.05, 3.63) is 69.6 Å². The highest BCUT2D eigenvalue weighted by Gasteiger charge is 2.30. The summed E-state index contributed by atoms with van der Waals surface area (Å²) in [4.78, 5) is 13.1. The molecule has 2 heterocycles. The molecule has 2 aromatic heterocycles. The van der Waals surface area contributed by atoms with Crippen LogP contribution in [0.15, 0.2) is 53.5 Å². The Morgan fingerprint density at radius 3 is 2.59 bits per heavy atom. The van der Waals surface area contributed by atoms with Gasteiger partial charge in [0, 0.05) is 34.2 Å². The molecule has 0 radical (unpaired) electrons. The van der Waals surface area contributed by atoms with Crippen molar-refractivity contribution in [3.8, 4) is 5.69 Å². The van der Waals surface area contributed by atoms with E-state index in [9.17, 15) is 18.0 Å². The highest BCUT2D eigenvalue weighted by Crippen LogP contribution is 2.32. The van der Waals surface area contributed by atoms with Gasteiger partial charge in [-0.1, -0.05) is 23.7 Å². The Morgan fingerprint density at radius 1 is 1.11 bits per heavy atom. The van der Waals surface area contributed by atoms with Crippen LogP contribution in [0.5, 0.6) is 0 Å². The molecule has 0 aliphatic carbocycles.